The van der Waals surface area contributed by atoms with Crippen LogP contribution in [0.3, 0.4) is 0 Å². The summed E-state index contributed by atoms with van der Waals surface area (Å²) in [5, 5.41) is 0. The molecule has 0 aliphatic carbocycles. The lowest BCUT2D eigenvalue weighted by atomic mass is 10.1. The number of rotatable bonds is 2. The number of nitrogens with one attached hydrogen (secondary N) is 1. The van der Waals surface area contributed by atoms with Crippen LogP contribution in [0.4, 0.5) is 0 Å². The Kier molecular flexibility index (Phi) is 2.95. The number of oxazole rings is 1. The highest BCUT2D eigenvalue weighted by molar-refractivity contribution is 7.89. The molecule has 2 aromatic rings. The zero-order chi connectivity index (χ0) is 13.6. The van der Waals surface area contributed by atoms with E-state index in [2.05, 4.69) is 9.71 Å². The quantitative estimate of drug-likeness (QED) is 0.906. The summed E-state index contributed by atoms with van der Waals surface area (Å²) in [5.41, 5.74) is 0.611. The van der Waals surface area contributed by atoms with Crippen molar-refractivity contribution < 1.29 is 12.8 Å². The summed E-state index contributed by atoms with van der Waals surface area (Å²) in [5.74, 6) is 0.517. The molecule has 0 aliphatic rings. The van der Waals surface area contributed by atoms with Crippen LogP contribution in [0.5, 0.6) is 0 Å². The van der Waals surface area contributed by atoms with E-state index < -0.39 is 15.6 Å². The maximum atomic E-state index is 12.1. The second-order valence-corrected chi connectivity index (χ2v) is 6.90. The Hall–Kier alpha value is -1.40. The molecule has 0 amide bonds. The normalized spacial score (nSPS) is 13.1. The molecule has 98 valence electrons. The molecule has 1 heterocycles. The molecule has 0 saturated carbocycles. The average molecular weight is 268 g/mol. The van der Waals surface area contributed by atoms with Crippen molar-refractivity contribution in [3.63, 3.8) is 0 Å². The molecule has 0 fully saturated rings. The zero-order valence-electron chi connectivity index (χ0n) is 10.8. The molecule has 0 aliphatic heterocycles. The van der Waals surface area contributed by atoms with E-state index in [0.29, 0.717) is 17.0 Å². The van der Waals surface area contributed by atoms with Gasteiger partial charge in [-0.15, -0.1) is 0 Å². The van der Waals surface area contributed by atoms with Crippen LogP contribution in [0.2, 0.25) is 0 Å². The van der Waals surface area contributed by atoms with Crippen molar-refractivity contribution in [3.8, 4) is 0 Å². The highest BCUT2D eigenvalue weighted by atomic mass is 32.2. The summed E-state index contributed by atoms with van der Waals surface area (Å²) < 4.78 is 32.2. The summed E-state index contributed by atoms with van der Waals surface area (Å²) in [7, 11) is -3.53. The second kappa shape index (κ2) is 4.07. The van der Waals surface area contributed by atoms with Gasteiger partial charge in [0.2, 0.25) is 10.0 Å². The molecule has 0 saturated heterocycles. The third-order valence-electron chi connectivity index (χ3n) is 2.22. The minimum absolute atomic E-state index is 0.193. The van der Waals surface area contributed by atoms with Crippen molar-refractivity contribution in [1.82, 2.24) is 9.71 Å². The van der Waals surface area contributed by atoms with Crippen molar-refractivity contribution in [3.05, 3.63) is 24.1 Å². The molecular formula is C12H16N2O3S. The molecule has 0 radical (unpaired) electrons. The smallest absolute Gasteiger partial charge is 0.241 e. The van der Waals surface area contributed by atoms with Gasteiger partial charge in [0, 0.05) is 12.5 Å². The second-order valence-electron chi connectivity index (χ2n) is 5.22. The average Bonchev–Trinajstić information content (AvgIpc) is 2.52. The van der Waals surface area contributed by atoms with Gasteiger partial charge in [0.15, 0.2) is 11.5 Å². The van der Waals surface area contributed by atoms with E-state index in [4.69, 9.17) is 4.42 Å². The first-order valence-electron chi connectivity index (χ1n) is 5.59. The zero-order valence-corrected chi connectivity index (χ0v) is 11.6. The lowest BCUT2D eigenvalue weighted by Crippen LogP contribution is -2.40. The highest BCUT2D eigenvalue weighted by Gasteiger charge is 2.22. The monoisotopic (exact) mass is 268 g/mol. The number of sulfonamides is 1. The van der Waals surface area contributed by atoms with E-state index in [-0.39, 0.29) is 4.90 Å². The lowest BCUT2D eigenvalue weighted by Gasteiger charge is -2.20. The van der Waals surface area contributed by atoms with Crippen molar-refractivity contribution >= 4 is 21.1 Å². The number of aromatic nitrogens is 1. The van der Waals surface area contributed by atoms with Gasteiger partial charge in [-0.2, -0.15) is 0 Å². The predicted molar refractivity (Wildman–Crippen MR) is 68.8 cm³/mol. The number of benzene rings is 1. The Bertz CT molecular complexity index is 681. The molecule has 18 heavy (non-hydrogen) atoms. The van der Waals surface area contributed by atoms with Crippen LogP contribution in [0.25, 0.3) is 11.1 Å². The van der Waals surface area contributed by atoms with Gasteiger partial charge in [-0.3, -0.25) is 0 Å². The van der Waals surface area contributed by atoms with Crippen LogP contribution in [0.1, 0.15) is 26.7 Å². The van der Waals surface area contributed by atoms with Crippen molar-refractivity contribution in [2.45, 2.75) is 38.1 Å². The van der Waals surface area contributed by atoms with Crippen molar-refractivity contribution in [1.29, 1.82) is 0 Å². The SMILES string of the molecule is Cc1nc2cc(S(=O)(=O)NC(C)(C)C)ccc2o1. The van der Waals surface area contributed by atoms with E-state index in [1.54, 1.807) is 33.8 Å². The number of aryl methyl sites for hydroxylation is 1. The summed E-state index contributed by atoms with van der Waals surface area (Å²) >= 11 is 0. The molecular weight excluding hydrogens is 252 g/mol. The van der Waals surface area contributed by atoms with Crippen LogP contribution in [0, 0.1) is 6.92 Å². The Morgan fingerprint density at radius 1 is 1.28 bits per heavy atom. The predicted octanol–water partition coefficient (Wildman–Crippen LogP) is 2.21. The molecule has 0 atom stereocenters. The molecule has 1 N–H and O–H groups in total. The standard InChI is InChI=1S/C12H16N2O3S/c1-8-13-10-7-9(5-6-11(10)17-8)18(15,16)14-12(2,3)4/h5-7,14H,1-4H3. The molecule has 0 bridgehead atoms. The first-order valence-corrected chi connectivity index (χ1v) is 7.07. The van der Waals surface area contributed by atoms with E-state index in [9.17, 15) is 8.42 Å². The first kappa shape index (κ1) is 13.0. The summed E-state index contributed by atoms with van der Waals surface area (Å²) in [6, 6.07) is 4.65. The van der Waals surface area contributed by atoms with Crippen LogP contribution in [0.15, 0.2) is 27.5 Å². The summed E-state index contributed by atoms with van der Waals surface area (Å²) in [4.78, 5) is 4.32. The minimum atomic E-state index is -3.53. The third-order valence-corrected chi connectivity index (χ3v) is 3.97. The van der Waals surface area contributed by atoms with Crippen LogP contribution in [-0.2, 0) is 10.0 Å². The van der Waals surface area contributed by atoms with Gasteiger partial charge in [-0.05, 0) is 39.0 Å². The van der Waals surface area contributed by atoms with Gasteiger partial charge >= 0.3 is 0 Å². The highest BCUT2D eigenvalue weighted by Crippen LogP contribution is 2.20. The van der Waals surface area contributed by atoms with E-state index in [1.165, 1.54) is 12.1 Å². The van der Waals surface area contributed by atoms with Gasteiger partial charge in [0.1, 0.15) is 5.52 Å². The topological polar surface area (TPSA) is 72.2 Å². The van der Waals surface area contributed by atoms with Crippen molar-refractivity contribution in [2.75, 3.05) is 0 Å². The maximum absolute atomic E-state index is 12.1. The largest absolute Gasteiger partial charge is 0.441 e. The molecule has 5 nitrogen and oxygen atoms in total. The van der Waals surface area contributed by atoms with Gasteiger partial charge in [-0.1, -0.05) is 0 Å². The lowest BCUT2D eigenvalue weighted by molar-refractivity contribution is 0.491. The Morgan fingerprint density at radius 2 is 1.94 bits per heavy atom. The molecule has 1 aromatic heterocycles. The molecule has 0 unspecified atom stereocenters. The number of hydrogen-bond acceptors (Lipinski definition) is 4. The van der Waals surface area contributed by atoms with E-state index >= 15 is 0 Å². The van der Waals surface area contributed by atoms with Gasteiger partial charge < -0.3 is 4.42 Å². The minimum Gasteiger partial charge on any atom is -0.441 e. The van der Waals surface area contributed by atoms with Crippen LogP contribution in [-0.4, -0.2) is 18.9 Å². The Balaban J connectivity index is 2.47. The van der Waals surface area contributed by atoms with Crippen LogP contribution < -0.4 is 4.72 Å². The molecule has 0 spiro atoms. The summed E-state index contributed by atoms with van der Waals surface area (Å²) in [6.45, 7) is 7.11. The summed E-state index contributed by atoms with van der Waals surface area (Å²) in [6.07, 6.45) is 0. The number of hydrogen-bond donors (Lipinski definition) is 1. The Morgan fingerprint density at radius 3 is 2.56 bits per heavy atom. The van der Waals surface area contributed by atoms with Crippen LogP contribution >= 0.6 is 0 Å². The first-order chi connectivity index (χ1) is 8.17. The van der Waals surface area contributed by atoms with E-state index in [0.717, 1.165) is 0 Å². The van der Waals surface area contributed by atoms with E-state index in [1.807, 2.05) is 0 Å². The maximum Gasteiger partial charge on any atom is 0.241 e. The fourth-order valence-electron chi connectivity index (χ4n) is 1.65. The molecule has 1 aromatic carbocycles. The van der Waals surface area contributed by atoms with Gasteiger partial charge in [0.05, 0.1) is 4.90 Å². The Labute approximate surface area is 106 Å². The fraction of sp³-hybridized carbons (Fsp3) is 0.417. The number of fused-ring (bicyclic) bond motifs is 1. The molecule has 2 rings (SSSR count). The van der Waals surface area contributed by atoms with Gasteiger partial charge in [0.25, 0.3) is 0 Å². The van der Waals surface area contributed by atoms with Gasteiger partial charge in [-0.25, -0.2) is 18.1 Å². The van der Waals surface area contributed by atoms with Crippen molar-refractivity contribution in [2.24, 2.45) is 0 Å². The third kappa shape index (κ3) is 2.70. The number of nitrogens with zero attached hydrogens (tertiary/aromatic N) is 1. The molecule has 6 heteroatoms. The fourth-order valence-corrected chi connectivity index (χ4v) is 3.09.